The summed E-state index contributed by atoms with van der Waals surface area (Å²) in [7, 11) is -3.00. The van der Waals surface area contributed by atoms with Crippen LogP contribution in [0.2, 0.25) is 0 Å². The topological polar surface area (TPSA) is 61.2 Å². The molecule has 4 nitrogen and oxygen atoms in total. The molecule has 0 amide bonds. The SMILES string of the molecule is N=C1c2cc(F)ccc2CN1C1CCCS(=O)(=O)C1. The Kier molecular flexibility index (Phi) is 2.85. The number of benzene rings is 1. The Balaban J connectivity index is 1.88. The summed E-state index contributed by atoms with van der Waals surface area (Å²) in [6.45, 7) is 0.509. The third kappa shape index (κ3) is 2.25. The first-order valence-corrected chi connectivity index (χ1v) is 8.13. The molecule has 1 aromatic rings. The van der Waals surface area contributed by atoms with Crippen LogP contribution in [0.1, 0.15) is 24.0 Å². The number of amidine groups is 1. The summed E-state index contributed by atoms with van der Waals surface area (Å²) in [6.07, 6.45) is 1.42. The second-order valence-electron chi connectivity index (χ2n) is 5.19. The monoisotopic (exact) mass is 282 g/mol. The van der Waals surface area contributed by atoms with E-state index in [0.717, 1.165) is 12.0 Å². The maximum atomic E-state index is 13.2. The zero-order valence-corrected chi connectivity index (χ0v) is 11.2. The van der Waals surface area contributed by atoms with Crippen molar-refractivity contribution in [3.8, 4) is 0 Å². The lowest BCUT2D eigenvalue weighted by molar-refractivity contribution is 0.310. The van der Waals surface area contributed by atoms with E-state index in [0.29, 0.717) is 18.5 Å². The molecule has 19 heavy (non-hydrogen) atoms. The van der Waals surface area contributed by atoms with Crippen molar-refractivity contribution in [1.29, 1.82) is 5.41 Å². The molecule has 2 heterocycles. The standard InChI is InChI=1S/C13H15FN2O2S/c14-10-4-3-9-7-16(13(15)12(9)6-10)11-2-1-5-19(17,18)8-11/h3-4,6,11,15H,1-2,5,7-8H2. The zero-order valence-electron chi connectivity index (χ0n) is 10.4. The fourth-order valence-electron chi connectivity index (χ4n) is 2.88. The van der Waals surface area contributed by atoms with Crippen LogP contribution in [0.25, 0.3) is 0 Å². The summed E-state index contributed by atoms with van der Waals surface area (Å²) in [5.41, 5.74) is 1.48. The van der Waals surface area contributed by atoms with Crippen LogP contribution in [0.15, 0.2) is 18.2 Å². The zero-order chi connectivity index (χ0) is 13.6. The van der Waals surface area contributed by atoms with Crippen molar-refractivity contribution in [3.05, 3.63) is 35.1 Å². The highest BCUT2D eigenvalue weighted by atomic mass is 32.2. The minimum absolute atomic E-state index is 0.103. The molecule has 1 unspecified atom stereocenters. The summed E-state index contributed by atoms with van der Waals surface area (Å²) in [5.74, 6) is 0.233. The van der Waals surface area contributed by atoms with Crippen LogP contribution < -0.4 is 0 Å². The lowest BCUT2D eigenvalue weighted by Gasteiger charge is -2.32. The van der Waals surface area contributed by atoms with Crippen LogP contribution in [0, 0.1) is 11.2 Å². The second-order valence-corrected chi connectivity index (χ2v) is 7.42. The molecule has 0 aliphatic carbocycles. The normalized spacial score (nSPS) is 25.4. The van der Waals surface area contributed by atoms with Crippen molar-refractivity contribution < 1.29 is 12.8 Å². The molecular formula is C13H15FN2O2S. The van der Waals surface area contributed by atoms with Gasteiger partial charge in [-0.15, -0.1) is 0 Å². The van der Waals surface area contributed by atoms with Gasteiger partial charge in [0.25, 0.3) is 0 Å². The van der Waals surface area contributed by atoms with E-state index in [1.165, 1.54) is 12.1 Å². The van der Waals surface area contributed by atoms with Gasteiger partial charge >= 0.3 is 0 Å². The number of halogens is 1. The fourth-order valence-corrected chi connectivity index (χ4v) is 4.59. The largest absolute Gasteiger partial charge is 0.348 e. The summed E-state index contributed by atoms with van der Waals surface area (Å²) in [6, 6.07) is 4.26. The van der Waals surface area contributed by atoms with Crippen LogP contribution in [0.3, 0.4) is 0 Å². The van der Waals surface area contributed by atoms with Gasteiger partial charge in [-0.2, -0.15) is 0 Å². The molecule has 0 saturated carbocycles. The highest BCUT2D eigenvalue weighted by molar-refractivity contribution is 7.91. The third-order valence-corrected chi connectivity index (χ3v) is 5.64. The second kappa shape index (κ2) is 4.30. The Morgan fingerprint density at radius 1 is 1.37 bits per heavy atom. The minimum Gasteiger partial charge on any atom is -0.348 e. The van der Waals surface area contributed by atoms with E-state index >= 15 is 0 Å². The first-order valence-electron chi connectivity index (χ1n) is 6.31. The predicted molar refractivity (Wildman–Crippen MR) is 70.4 cm³/mol. The molecule has 0 radical (unpaired) electrons. The van der Waals surface area contributed by atoms with E-state index in [4.69, 9.17) is 5.41 Å². The molecular weight excluding hydrogens is 267 g/mol. The molecule has 1 aromatic carbocycles. The molecule has 3 rings (SSSR count). The van der Waals surface area contributed by atoms with Gasteiger partial charge < -0.3 is 4.90 Å². The van der Waals surface area contributed by atoms with Crippen LogP contribution in [-0.4, -0.2) is 36.7 Å². The predicted octanol–water partition coefficient (Wildman–Crippen LogP) is 1.54. The van der Waals surface area contributed by atoms with Crippen LogP contribution in [-0.2, 0) is 16.4 Å². The highest BCUT2D eigenvalue weighted by Crippen LogP contribution is 2.29. The average Bonchev–Trinajstić information content (AvgIpc) is 2.66. The van der Waals surface area contributed by atoms with Gasteiger partial charge in [0.1, 0.15) is 11.7 Å². The lowest BCUT2D eigenvalue weighted by atomic mass is 10.1. The van der Waals surface area contributed by atoms with E-state index in [1.807, 2.05) is 0 Å². The molecule has 1 N–H and O–H groups in total. The Morgan fingerprint density at radius 3 is 2.89 bits per heavy atom. The van der Waals surface area contributed by atoms with Gasteiger partial charge in [-0.05, 0) is 30.5 Å². The van der Waals surface area contributed by atoms with Gasteiger partial charge in [-0.3, -0.25) is 5.41 Å². The Morgan fingerprint density at radius 2 is 2.16 bits per heavy atom. The molecule has 0 bridgehead atoms. The maximum Gasteiger partial charge on any atom is 0.152 e. The van der Waals surface area contributed by atoms with E-state index in [2.05, 4.69) is 0 Å². The number of hydrogen-bond acceptors (Lipinski definition) is 3. The van der Waals surface area contributed by atoms with Crippen molar-refractivity contribution in [1.82, 2.24) is 4.90 Å². The molecule has 1 atom stereocenters. The summed E-state index contributed by atoms with van der Waals surface area (Å²) >= 11 is 0. The minimum atomic E-state index is -3.00. The van der Waals surface area contributed by atoms with E-state index in [1.54, 1.807) is 11.0 Å². The highest BCUT2D eigenvalue weighted by Gasteiger charge is 2.35. The van der Waals surface area contributed by atoms with Crippen molar-refractivity contribution in [2.75, 3.05) is 11.5 Å². The number of hydrogen-bond donors (Lipinski definition) is 1. The molecule has 0 spiro atoms. The quantitative estimate of drug-likeness (QED) is 0.850. The Labute approximate surface area is 111 Å². The van der Waals surface area contributed by atoms with Crippen molar-refractivity contribution in [2.45, 2.75) is 25.4 Å². The Hall–Kier alpha value is -1.43. The van der Waals surface area contributed by atoms with Gasteiger partial charge in [0, 0.05) is 18.2 Å². The van der Waals surface area contributed by atoms with Crippen molar-refractivity contribution in [3.63, 3.8) is 0 Å². The molecule has 6 heteroatoms. The van der Waals surface area contributed by atoms with Crippen LogP contribution >= 0.6 is 0 Å². The lowest BCUT2D eigenvalue weighted by Crippen LogP contribution is -2.43. The van der Waals surface area contributed by atoms with Gasteiger partial charge in [0.05, 0.1) is 11.5 Å². The molecule has 0 aromatic heterocycles. The molecule has 2 aliphatic rings. The van der Waals surface area contributed by atoms with Crippen molar-refractivity contribution >= 4 is 15.7 Å². The fraction of sp³-hybridized carbons (Fsp3) is 0.462. The number of rotatable bonds is 1. The van der Waals surface area contributed by atoms with Crippen molar-refractivity contribution in [2.24, 2.45) is 0 Å². The number of fused-ring (bicyclic) bond motifs is 1. The molecule has 2 aliphatic heterocycles. The summed E-state index contributed by atoms with van der Waals surface area (Å²) in [4.78, 5) is 1.79. The van der Waals surface area contributed by atoms with Crippen LogP contribution in [0.4, 0.5) is 4.39 Å². The first-order chi connectivity index (χ1) is 8.96. The maximum absolute atomic E-state index is 13.2. The van der Waals surface area contributed by atoms with Gasteiger partial charge in [-0.25, -0.2) is 12.8 Å². The summed E-state index contributed by atoms with van der Waals surface area (Å²) in [5, 5.41) is 8.11. The third-order valence-electron chi connectivity index (χ3n) is 3.83. The number of nitrogens with zero attached hydrogens (tertiary/aromatic N) is 1. The van der Waals surface area contributed by atoms with Gasteiger partial charge in [0.2, 0.25) is 0 Å². The molecule has 102 valence electrons. The van der Waals surface area contributed by atoms with E-state index in [9.17, 15) is 12.8 Å². The van der Waals surface area contributed by atoms with E-state index < -0.39 is 9.84 Å². The smallest absolute Gasteiger partial charge is 0.152 e. The van der Waals surface area contributed by atoms with Crippen LogP contribution in [0.5, 0.6) is 0 Å². The number of sulfone groups is 1. The molecule has 1 saturated heterocycles. The summed E-state index contributed by atoms with van der Waals surface area (Å²) < 4.78 is 36.6. The Bertz CT molecular complexity index is 642. The average molecular weight is 282 g/mol. The van der Waals surface area contributed by atoms with Gasteiger partial charge in [0.15, 0.2) is 9.84 Å². The van der Waals surface area contributed by atoms with Gasteiger partial charge in [-0.1, -0.05) is 6.07 Å². The van der Waals surface area contributed by atoms with E-state index in [-0.39, 0.29) is 29.2 Å². The first kappa shape index (κ1) is 12.6. The number of nitrogens with one attached hydrogen (secondary N) is 1. The molecule has 1 fully saturated rings.